The first-order valence-electron chi connectivity index (χ1n) is 6.76. The summed E-state index contributed by atoms with van der Waals surface area (Å²) in [6.45, 7) is 7.86. The molecule has 0 spiro atoms. The highest BCUT2D eigenvalue weighted by atomic mass is 79.9. The normalized spacial score (nSPS) is 11.7. The maximum absolute atomic E-state index is 5.53. The number of nitrogens with zero attached hydrogens (tertiary/aromatic N) is 2. The number of aryl methyl sites for hydroxylation is 2. The minimum Gasteiger partial charge on any atom is -0.444 e. The van der Waals surface area contributed by atoms with Crippen LogP contribution in [-0.4, -0.2) is 17.5 Å². The molecule has 0 bridgehead atoms. The van der Waals surface area contributed by atoms with Gasteiger partial charge in [0.05, 0.1) is 12.2 Å². The van der Waals surface area contributed by atoms with E-state index in [1.54, 1.807) is 11.3 Å². The number of halogens is 1. The fourth-order valence-corrected chi connectivity index (χ4v) is 3.10. The Kier molecular flexibility index (Phi) is 5.81. The summed E-state index contributed by atoms with van der Waals surface area (Å²) in [5.41, 5.74) is 0.918. The Morgan fingerprint density at radius 3 is 2.81 bits per heavy atom. The summed E-state index contributed by atoms with van der Waals surface area (Å²) < 4.78 is 6.64. The van der Waals surface area contributed by atoms with Crippen LogP contribution in [0.1, 0.15) is 29.1 Å². The first-order chi connectivity index (χ1) is 10.1. The molecule has 5 nitrogen and oxygen atoms in total. The van der Waals surface area contributed by atoms with Crippen LogP contribution >= 0.6 is 27.3 Å². The molecule has 0 unspecified atom stereocenters. The van der Waals surface area contributed by atoms with E-state index in [2.05, 4.69) is 48.0 Å². The molecule has 0 saturated carbocycles. The van der Waals surface area contributed by atoms with Gasteiger partial charge in [0.2, 0.25) is 5.89 Å². The summed E-state index contributed by atoms with van der Waals surface area (Å²) in [6, 6.07) is 2.10. The van der Waals surface area contributed by atoms with Crippen LogP contribution in [0.5, 0.6) is 0 Å². The molecule has 0 aliphatic carbocycles. The van der Waals surface area contributed by atoms with Gasteiger partial charge in [-0.15, -0.1) is 11.3 Å². The summed E-state index contributed by atoms with van der Waals surface area (Å²) in [5.74, 6) is 2.25. The van der Waals surface area contributed by atoms with Gasteiger partial charge in [0.25, 0.3) is 0 Å². The van der Waals surface area contributed by atoms with Crippen LogP contribution in [-0.2, 0) is 13.1 Å². The van der Waals surface area contributed by atoms with Gasteiger partial charge in [0.1, 0.15) is 12.3 Å². The molecular formula is C14H19BrN4OS. The molecule has 0 aliphatic rings. The number of aromatic nitrogens is 1. The summed E-state index contributed by atoms with van der Waals surface area (Å²) in [7, 11) is 0. The average Bonchev–Trinajstić information content (AvgIpc) is 3.00. The zero-order valence-electron chi connectivity index (χ0n) is 12.4. The monoisotopic (exact) mass is 370 g/mol. The molecule has 0 fully saturated rings. The Hall–Kier alpha value is -1.34. The topological polar surface area (TPSA) is 62.5 Å². The van der Waals surface area contributed by atoms with Crippen molar-refractivity contribution in [1.82, 2.24) is 15.6 Å². The molecule has 2 rings (SSSR count). The highest BCUT2D eigenvalue weighted by molar-refractivity contribution is 9.10. The van der Waals surface area contributed by atoms with Crippen molar-refractivity contribution in [1.29, 1.82) is 0 Å². The van der Waals surface area contributed by atoms with Crippen LogP contribution in [0.25, 0.3) is 0 Å². The van der Waals surface area contributed by atoms with E-state index in [-0.39, 0.29) is 0 Å². The lowest BCUT2D eigenvalue weighted by molar-refractivity contribution is 0.473. The van der Waals surface area contributed by atoms with Crippen molar-refractivity contribution >= 4 is 33.2 Å². The van der Waals surface area contributed by atoms with Crippen molar-refractivity contribution in [3.8, 4) is 0 Å². The molecule has 2 N–H and O–H groups in total. The molecule has 0 atom stereocenters. The minimum atomic E-state index is 0.429. The molecule has 2 aromatic heterocycles. The second kappa shape index (κ2) is 7.61. The lowest BCUT2D eigenvalue weighted by Crippen LogP contribution is -2.36. The van der Waals surface area contributed by atoms with Crippen molar-refractivity contribution in [3.63, 3.8) is 0 Å². The summed E-state index contributed by atoms with van der Waals surface area (Å²) in [4.78, 5) is 10.1. The van der Waals surface area contributed by atoms with Crippen molar-refractivity contribution in [2.45, 2.75) is 33.9 Å². The Labute approximate surface area is 137 Å². The van der Waals surface area contributed by atoms with Crippen LogP contribution in [0, 0.1) is 13.8 Å². The number of guanidine groups is 1. The maximum Gasteiger partial charge on any atom is 0.216 e. The van der Waals surface area contributed by atoms with E-state index in [0.717, 1.165) is 35.0 Å². The molecule has 114 valence electrons. The fraction of sp³-hybridized carbons (Fsp3) is 0.429. The van der Waals surface area contributed by atoms with E-state index >= 15 is 0 Å². The zero-order valence-corrected chi connectivity index (χ0v) is 14.8. The van der Waals surface area contributed by atoms with Crippen molar-refractivity contribution in [3.05, 3.63) is 38.1 Å². The zero-order chi connectivity index (χ0) is 15.2. The summed E-state index contributed by atoms with van der Waals surface area (Å²) in [5, 5.41) is 8.58. The maximum atomic E-state index is 5.53. The number of aliphatic imine (C=N–C) groups is 1. The van der Waals surface area contributed by atoms with E-state index in [0.29, 0.717) is 12.4 Å². The van der Waals surface area contributed by atoms with Crippen LogP contribution in [0.3, 0.4) is 0 Å². The van der Waals surface area contributed by atoms with E-state index in [9.17, 15) is 0 Å². The first-order valence-corrected chi connectivity index (χ1v) is 8.43. The Bertz CT molecular complexity index is 601. The Balaban J connectivity index is 1.95. The van der Waals surface area contributed by atoms with E-state index in [1.165, 1.54) is 4.88 Å². The second-order valence-electron chi connectivity index (χ2n) is 4.53. The van der Waals surface area contributed by atoms with E-state index < -0.39 is 0 Å². The van der Waals surface area contributed by atoms with E-state index in [1.807, 2.05) is 20.8 Å². The summed E-state index contributed by atoms with van der Waals surface area (Å²) >= 11 is 5.16. The van der Waals surface area contributed by atoms with Gasteiger partial charge in [-0.05, 0) is 42.8 Å². The number of thiophene rings is 1. The Morgan fingerprint density at radius 1 is 1.43 bits per heavy atom. The lowest BCUT2D eigenvalue weighted by Gasteiger charge is -2.09. The standard InChI is InChI=1S/C14H19BrN4OS/c1-4-16-14(17-6-12-5-11(15)8-21-12)18-7-13-19-9(2)10(3)20-13/h5,8H,4,6-7H2,1-3H3,(H2,16,17,18). The molecule has 21 heavy (non-hydrogen) atoms. The third-order valence-electron chi connectivity index (χ3n) is 2.84. The molecular weight excluding hydrogens is 352 g/mol. The van der Waals surface area contributed by atoms with Gasteiger partial charge >= 0.3 is 0 Å². The van der Waals surface area contributed by atoms with Gasteiger partial charge in [-0.3, -0.25) is 0 Å². The highest BCUT2D eigenvalue weighted by Gasteiger charge is 2.06. The van der Waals surface area contributed by atoms with Gasteiger partial charge in [-0.25, -0.2) is 9.98 Å². The van der Waals surface area contributed by atoms with Crippen LogP contribution in [0.15, 0.2) is 25.3 Å². The molecule has 7 heteroatoms. The van der Waals surface area contributed by atoms with Gasteiger partial charge < -0.3 is 15.1 Å². The van der Waals surface area contributed by atoms with Crippen LogP contribution < -0.4 is 10.6 Å². The number of hydrogen-bond acceptors (Lipinski definition) is 4. The summed E-state index contributed by atoms with van der Waals surface area (Å²) in [6.07, 6.45) is 0. The molecule has 2 aromatic rings. The van der Waals surface area contributed by atoms with Gasteiger partial charge in [-0.1, -0.05) is 0 Å². The van der Waals surface area contributed by atoms with E-state index in [4.69, 9.17) is 4.42 Å². The largest absolute Gasteiger partial charge is 0.444 e. The molecule has 0 aliphatic heterocycles. The van der Waals surface area contributed by atoms with Crippen molar-refractivity contribution < 1.29 is 4.42 Å². The number of hydrogen-bond donors (Lipinski definition) is 2. The fourth-order valence-electron chi connectivity index (χ4n) is 1.71. The number of oxazole rings is 1. The molecule has 2 heterocycles. The SMILES string of the molecule is CCNC(=NCc1nc(C)c(C)o1)NCc1cc(Br)cs1. The highest BCUT2D eigenvalue weighted by Crippen LogP contribution is 2.19. The van der Waals surface area contributed by atoms with Crippen LogP contribution in [0.4, 0.5) is 0 Å². The lowest BCUT2D eigenvalue weighted by atomic mass is 10.4. The predicted molar refractivity (Wildman–Crippen MR) is 89.7 cm³/mol. The third kappa shape index (κ3) is 4.86. The van der Waals surface area contributed by atoms with Gasteiger partial charge in [0, 0.05) is 21.3 Å². The van der Waals surface area contributed by atoms with Crippen molar-refractivity contribution in [2.24, 2.45) is 4.99 Å². The number of nitrogens with one attached hydrogen (secondary N) is 2. The first kappa shape index (κ1) is 16.0. The second-order valence-corrected chi connectivity index (χ2v) is 6.44. The quantitative estimate of drug-likeness (QED) is 0.625. The molecule has 0 saturated heterocycles. The average molecular weight is 371 g/mol. The Morgan fingerprint density at radius 2 is 2.24 bits per heavy atom. The number of rotatable bonds is 5. The molecule has 0 amide bonds. The van der Waals surface area contributed by atoms with Gasteiger partial charge in [-0.2, -0.15) is 0 Å². The van der Waals surface area contributed by atoms with Crippen molar-refractivity contribution in [2.75, 3.05) is 6.54 Å². The third-order valence-corrected chi connectivity index (χ3v) is 4.54. The smallest absolute Gasteiger partial charge is 0.216 e. The van der Waals surface area contributed by atoms with Gasteiger partial charge in [0.15, 0.2) is 5.96 Å². The molecule has 0 aromatic carbocycles. The minimum absolute atomic E-state index is 0.429. The molecule has 0 radical (unpaired) electrons. The predicted octanol–water partition coefficient (Wildman–Crippen LogP) is 3.37. The van der Waals surface area contributed by atoms with Crippen LogP contribution in [0.2, 0.25) is 0 Å².